The van der Waals surface area contributed by atoms with Gasteiger partial charge in [0, 0.05) is 23.3 Å². The van der Waals surface area contributed by atoms with E-state index < -0.39 is 0 Å². The van der Waals surface area contributed by atoms with Gasteiger partial charge >= 0.3 is 0 Å². The number of nitrogens with two attached hydrogens (primary N) is 1. The smallest absolute Gasteiger partial charge is 0.237 e. The second-order valence-electron chi connectivity index (χ2n) is 5.10. The van der Waals surface area contributed by atoms with E-state index in [1.54, 1.807) is 35.8 Å². The molecule has 4 heteroatoms. The molecule has 0 bridgehead atoms. The summed E-state index contributed by atoms with van der Waals surface area (Å²) in [7, 11) is 1.79. The van der Waals surface area contributed by atoms with Gasteiger partial charge in [0.2, 0.25) is 5.91 Å². The van der Waals surface area contributed by atoms with Crippen molar-refractivity contribution in [2.45, 2.75) is 18.7 Å². The first-order valence-electron chi connectivity index (χ1n) is 6.79. The summed E-state index contributed by atoms with van der Waals surface area (Å²) in [5.74, 6) is 0.496. The van der Waals surface area contributed by atoms with Gasteiger partial charge in [-0.05, 0) is 49.7 Å². The Morgan fingerprint density at radius 3 is 2.48 bits per heavy atom. The van der Waals surface area contributed by atoms with Crippen LogP contribution in [0.2, 0.25) is 0 Å². The average Bonchev–Trinajstić information content (AvgIpc) is 2.48. The Balaban J connectivity index is 2.01. The molecule has 0 aliphatic heterocycles. The van der Waals surface area contributed by atoms with Crippen molar-refractivity contribution < 1.29 is 4.79 Å². The number of carbonyl (C=O) groups is 1. The van der Waals surface area contributed by atoms with Crippen molar-refractivity contribution in [2.75, 3.05) is 23.4 Å². The first kappa shape index (κ1) is 15.4. The van der Waals surface area contributed by atoms with Crippen LogP contribution in [0.1, 0.15) is 11.1 Å². The molecule has 0 unspecified atom stereocenters. The van der Waals surface area contributed by atoms with Gasteiger partial charge in [0.25, 0.3) is 0 Å². The SMILES string of the molecule is Cc1ccc(C)c(SCC(=O)N(C)c2ccc(N)cc2)c1. The zero-order chi connectivity index (χ0) is 15.4. The van der Waals surface area contributed by atoms with Crippen molar-refractivity contribution in [1.29, 1.82) is 0 Å². The minimum absolute atomic E-state index is 0.0747. The highest BCUT2D eigenvalue weighted by Crippen LogP contribution is 2.24. The fourth-order valence-corrected chi connectivity index (χ4v) is 2.98. The molecule has 3 nitrogen and oxygen atoms in total. The van der Waals surface area contributed by atoms with Crippen molar-refractivity contribution in [2.24, 2.45) is 0 Å². The molecule has 0 spiro atoms. The number of nitrogen functional groups attached to an aromatic ring is 1. The monoisotopic (exact) mass is 300 g/mol. The maximum Gasteiger partial charge on any atom is 0.237 e. The van der Waals surface area contributed by atoms with E-state index in [4.69, 9.17) is 5.73 Å². The number of amides is 1. The Hall–Kier alpha value is -1.94. The Kier molecular flexibility index (Phi) is 4.91. The highest BCUT2D eigenvalue weighted by atomic mass is 32.2. The fraction of sp³-hybridized carbons (Fsp3) is 0.235. The number of aryl methyl sites for hydroxylation is 2. The van der Waals surface area contributed by atoms with E-state index in [1.807, 2.05) is 12.1 Å². The lowest BCUT2D eigenvalue weighted by Gasteiger charge is -2.17. The van der Waals surface area contributed by atoms with Gasteiger partial charge in [0.15, 0.2) is 0 Å². The third-order valence-corrected chi connectivity index (χ3v) is 4.49. The summed E-state index contributed by atoms with van der Waals surface area (Å²) < 4.78 is 0. The van der Waals surface area contributed by atoms with Gasteiger partial charge in [-0.3, -0.25) is 4.79 Å². The molecule has 2 rings (SSSR count). The molecule has 0 saturated heterocycles. The molecule has 0 aliphatic carbocycles. The van der Waals surface area contributed by atoms with Crippen molar-refractivity contribution in [3.8, 4) is 0 Å². The second-order valence-corrected chi connectivity index (χ2v) is 6.12. The van der Waals surface area contributed by atoms with Gasteiger partial charge < -0.3 is 10.6 Å². The third-order valence-electron chi connectivity index (χ3n) is 3.35. The zero-order valence-corrected chi connectivity index (χ0v) is 13.4. The lowest BCUT2D eigenvalue weighted by Crippen LogP contribution is -2.27. The summed E-state index contributed by atoms with van der Waals surface area (Å²) in [5, 5.41) is 0. The summed E-state index contributed by atoms with van der Waals surface area (Å²) in [4.78, 5) is 15.1. The normalized spacial score (nSPS) is 10.4. The highest BCUT2D eigenvalue weighted by Gasteiger charge is 2.12. The Labute approximate surface area is 130 Å². The predicted octanol–water partition coefficient (Wildman–Crippen LogP) is 3.64. The zero-order valence-electron chi connectivity index (χ0n) is 12.6. The number of carbonyl (C=O) groups excluding carboxylic acids is 1. The standard InChI is InChI=1S/C17H20N2OS/c1-12-4-5-13(2)16(10-12)21-11-17(20)19(3)15-8-6-14(18)7-9-15/h4-10H,11,18H2,1-3H3. The van der Waals surface area contributed by atoms with Crippen LogP contribution in [0.5, 0.6) is 0 Å². The van der Waals surface area contributed by atoms with Crippen LogP contribution in [-0.2, 0) is 4.79 Å². The largest absolute Gasteiger partial charge is 0.399 e. The van der Waals surface area contributed by atoms with Crippen molar-refractivity contribution in [1.82, 2.24) is 0 Å². The molecular weight excluding hydrogens is 280 g/mol. The molecule has 0 aliphatic rings. The van der Waals surface area contributed by atoms with Gasteiger partial charge in [-0.2, -0.15) is 0 Å². The van der Waals surface area contributed by atoms with E-state index in [0.717, 1.165) is 10.6 Å². The van der Waals surface area contributed by atoms with Crippen LogP contribution in [0.4, 0.5) is 11.4 Å². The van der Waals surface area contributed by atoms with Gasteiger partial charge in [-0.25, -0.2) is 0 Å². The van der Waals surface area contributed by atoms with Crippen LogP contribution < -0.4 is 10.6 Å². The molecule has 0 heterocycles. The number of rotatable bonds is 4. The molecule has 0 radical (unpaired) electrons. The summed E-state index contributed by atoms with van der Waals surface area (Å²) in [5.41, 5.74) is 9.63. The van der Waals surface area contributed by atoms with Gasteiger partial charge in [0.1, 0.15) is 0 Å². The second kappa shape index (κ2) is 6.68. The number of nitrogens with zero attached hydrogens (tertiary/aromatic N) is 1. The molecular formula is C17H20N2OS. The molecule has 1 amide bonds. The first-order chi connectivity index (χ1) is 9.97. The highest BCUT2D eigenvalue weighted by molar-refractivity contribution is 8.00. The number of hydrogen-bond acceptors (Lipinski definition) is 3. The molecule has 0 aromatic heterocycles. The summed E-state index contributed by atoms with van der Waals surface area (Å²) >= 11 is 1.58. The van der Waals surface area contributed by atoms with Crippen molar-refractivity contribution in [3.05, 3.63) is 53.6 Å². The van der Waals surface area contributed by atoms with Crippen LogP contribution in [-0.4, -0.2) is 18.7 Å². The topological polar surface area (TPSA) is 46.3 Å². The minimum atomic E-state index is 0.0747. The van der Waals surface area contributed by atoms with Crippen LogP contribution >= 0.6 is 11.8 Å². The molecule has 21 heavy (non-hydrogen) atoms. The van der Waals surface area contributed by atoms with E-state index in [-0.39, 0.29) is 5.91 Å². The summed E-state index contributed by atoms with van der Waals surface area (Å²) in [6.45, 7) is 4.13. The number of anilines is 2. The summed E-state index contributed by atoms with van der Waals surface area (Å²) in [6.07, 6.45) is 0. The molecule has 0 saturated carbocycles. The predicted molar refractivity (Wildman–Crippen MR) is 90.9 cm³/mol. The van der Waals surface area contributed by atoms with E-state index in [2.05, 4.69) is 32.0 Å². The Bertz CT molecular complexity index is 638. The molecule has 2 aromatic rings. The molecule has 0 atom stereocenters. The maximum atomic E-state index is 12.3. The van der Waals surface area contributed by atoms with E-state index in [9.17, 15) is 4.79 Å². The van der Waals surface area contributed by atoms with Crippen molar-refractivity contribution >= 4 is 29.0 Å². The van der Waals surface area contributed by atoms with E-state index in [0.29, 0.717) is 11.4 Å². The number of benzene rings is 2. The van der Waals surface area contributed by atoms with Gasteiger partial charge in [-0.1, -0.05) is 17.7 Å². The first-order valence-corrected chi connectivity index (χ1v) is 7.78. The summed E-state index contributed by atoms with van der Waals surface area (Å²) in [6, 6.07) is 13.6. The van der Waals surface area contributed by atoms with Crippen LogP contribution in [0.15, 0.2) is 47.4 Å². The molecule has 2 aromatic carbocycles. The van der Waals surface area contributed by atoms with E-state index in [1.165, 1.54) is 11.1 Å². The molecule has 110 valence electrons. The lowest BCUT2D eigenvalue weighted by atomic mass is 10.2. The van der Waals surface area contributed by atoms with Crippen molar-refractivity contribution in [3.63, 3.8) is 0 Å². The molecule has 0 fully saturated rings. The quantitative estimate of drug-likeness (QED) is 0.692. The Morgan fingerprint density at radius 1 is 1.14 bits per heavy atom. The molecule has 2 N–H and O–H groups in total. The Morgan fingerprint density at radius 2 is 1.81 bits per heavy atom. The van der Waals surface area contributed by atoms with Crippen LogP contribution in [0.3, 0.4) is 0 Å². The van der Waals surface area contributed by atoms with Gasteiger partial charge in [0.05, 0.1) is 5.75 Å². The third kappa shape index (κ3) is 4.02. The number of hydrogen-bond donors (Lipinski definition) is 1. The van der Waals surface area contributed by atoms with Crippen LogP contribution in [0, 0.1) is 13.8 Å². The maximum absolute atomic E-state index is 12.3. The van der Waals surface area contributed by atoms with Gasteiger partial charge in [-0.15, -0.1) is 11.8 Å². The van der Waals surface area contributed by atoms with E-state index >= 15 is 0 Å². The minimum Gasteiger partial charge on any atom is -0.399 e. The van der Waals surface area contributed by atoms with Crippen LogP contribution in [0.25, 0.3) is 0 Å². The average molecular weight is 300 g/mol. The lowest BCUT2D eigenvalue weighted by molar-refractivity contribution is -0.115. The number of thioether (sulfide) groups is 1. The fourth-order valence-electron chi connectivity index (χ4n) is 1.94.